The van der Waals surface area contributed by atoms with Gasteiger partial charge in [0.2, 0.25) is 21.9 Å². The van der Waals surface area contributed by atoms with Crippen molar-refractivity contribution in [2.24, 2.45) is 16.5 Å². The molecule has 116 valence electrons. The summed E-state index contributed by atoms with van der Waals surface area (Å²) in [5.74, 6) is 1.12. The Hall–Kier alpha value is -1.00. The number of guanidine groups is 1. The molecule has 0 bridgehead atoms. The second-order valence-electron chi connectivity index (χ2n) is 4.47. The predicted molar refractivity (Wildman–Crippen MR) is 80.7 cm³/mol. The normalized spacial score (nSPS) is 18.1. The van der Waals surface area contributed by atoms with Crippen molar-refractivity contribution >= 4 is 33.7 Å². The van der Waals surface area contributed by atoms with E-state index in [1.54, 1.807) is 16.7 Å². The van der Waals surface area contributed by atoms with Gasteiger partial charge in [-0.1, -0.05) is 0 Å². The maximum atomic E-state index is 12.3. The van der Waals surface area contributed by atoms with Gasteiger partial charge in [0.1, 0.15) is 6.04 Å². The number of thioether (sulfide) groups is 1. The molecule has 0 radical (unpaired) electrons. The van der Waals surface area contributed by atoms with Crippen molar-refractivity contribution in [2.45, 2.75) is 18.9 Å². The minimum absolute atomic E-state index is 0.137. The molecule has 8 nitrogen and oxygen atoms in total. The molecule has 1 atom stereocenters. The number of hydrogen-bond donors (Lipinski definition) is 3. The molecular formula is C10H21N5O3S2. The fourth-order valence-electron chi connectivity index (χ4n) is 1.74. The van der Waals surface area contributed by atoms with E-state index in [9.17, 15) is 13.2 Å². The maximum Gasteiger partial charge on any atom is 0.248 e. The highest BCUT2D eigenvalue weighted by atomic mass is 32.2. The summed E-state index contributed by atoms with van der Waals surface area (Å²) >= 11 is 1.67. The fraction of sp³-hybridized carbons (Fsp3) is 0.800. The smallest absolute Gasteiger partial charge is 0.248 e. The van der Waals surface area contributed by atoms with Crippen LogP contribution in [0.2, 0.25) is 0 Å². The number of nitrogens with zero attached hydrogens (tertiary/aromatic N) is 2. The average Bonchev–Trinajstić information content (AvgIpc) is 2.84. The van der Waals surface area contributed by atoms with E-state index in [1.807, 2.05) is 0 Å². The molecule has 0 aromatic carbocycles. The zero-order valence-electron chi connectivity index (χ0n) is 11.4. The van der Waals surface area contributed by atoms with Gasteiger partial charge in [0.05, 0.1) is 12.1 Å². The van der Waals surface area contributed by atoms with Gasteiger partial charge in [0, 0.05) is 12.3 Å². The minimum atomic E-state index is -3.49. The second kappa shape index (κ2) is 7.70. The third kappa shape index (κ3) is 5.97. The lowest BCUT2D eigenvalue weighted by Crippen LogP contribution is -2.41. The minimum Gasteiger partial charge on any atom is -0.369 e. The number of hydrogen-bond acceptors (Lipinski definition) is 6. The molecule has 1 heterocycles. The summed E-state index contributed by atoms with van der Waals surface area (Å²) in [7, 11) is -3.49. The average molecular weight is 323 g/mol. The number of amides is 1. The lowest BCUT2D eigenvalue weighted by atomic mass is 10.1. The third-order valence-corrected chi connectivity index (χ3v) is 4.16. The third-order valence-electron chi connectivity index (χ3n) is 2.62. The molecule has 1 rings (SSSR count). The molecule has 0 aromatic heterocycles. The molecule has 10 heteroatoms. The van der Waals surface area contributed by atoms with Gasteiger partial charge in [-0.2, -0.15) is 0 Å². The summed E-state index contributed by atoms with van der Waals surface area (Å²) < 4.78 is 24.2. The number of nitrogens with two attached hydrogens (primary N) is 2. The van der Waals surface area contributed by atoms with Crippen LogP contribution >= 0.6 is 11.8 Å². The molecule has 5 N–H and O–H groups in total. The van der Waals surface area contributed by atoms with Crippen LogP contribution in [0.4, 0.5) is 0 Å². The molecule has 20 heavy (non-hydrogen) atoms. The van der Waals surface area contributed by atoms with Crippen molar-refractivity contribution in [2.75, 3.05) is 31.0 Å². The number of rotatable bonds is 6. The Morgan fingerprint density at radius 1 is 1.55 bits per heavy atom. The van der Waals surface area contributed by atoms with E-state index < -0.39 is 16.1 Å². The first kappa shape index (κ1) is 17.1. The Morgan fingerprint density at radius 3 is 2.75 bits per heavy atom. The van der Waals surface area contributed by atoms with Crippen molar-refractivity contribution in [3.8, 4) is 0 Å². The summed E-state index contributed by atoms with van der Waals surface area (Å²) in [5, 5.41) is 0. The highest BCUT2D eigenvalue weighted by Crippen LogP contribution is 2.16. The molecule has 0 unspecified atom stereocenters. The molecule has 0 aromatic rings. The van der Waals surface area contributed by atoms with Gasteiger partial charge in [-0.05, 0) is 19.4 Å². The van der Waals surface area contributed by atoms with E-state index in [-0.39, 0.29) is 11.9 Å². The van der Waals surface area contributed by atoms with Crippen LogP contribution in [0.5, 0.6) is 0 Å². The van der Waals surface area contributed by atoms with Crippen LogP contribution in [-0.4, -0.2) is 62.2 Å². The Bertz CT molecular complexity index is 460. The standard InChI is InChI=1S/C10H21N5O3S2/c1-20(17,18)14-10(12)13-8(3-2-4-11)9(16)15-5-6-19-7-15/h8H,2-7,11H2,1H3,(H3,12,13,14)/t8-/m1/s1. The monoisotopic (exact) mass is 323 g/mol. The van der Waals surface area contributed by atoms with Gasteiger partial charge in [0.25, 0.3) is 0 Å². The van der Waals surface area contributed by atoms with Crippen LogP contribution in [0.1, 0.15) is 12.8 Å². The summed E-state index contributed by atoms with van der Waals surface area (Å²) in [5.41, 5.74) is 11.0. The molecule has 1 amide bonds. The lowest BCUT2D eigenvalue weighted by molar-refractivity contribution is -0.131. The zero-order valence-corrected chi connectivity index (χ0v) is 13.0. The van der Waals surface area contributed by atoms with Crippen molar-refractivity contribution in [3.63, 3.8) is 0 Å². The van der Waals surface area contributed by atoms with Crippen molar-refractivity contribution in [3.05, 3.63) is 0 Å². The van der Waals surface area contributed by atoms with E-state index in [4.69, 9.17) is 11.5 Å². The van der Waals surface area contributed by atoms with E-state index in [0.29, 0.717) is 31.8 Å². The number of sulfonamides is 1. The molecular weight excluding hydrogens is 302 g/mol. The van der Waals surface area contributed by atoms with Gasteiger partial charge < -0.3 is 16.4 Å². The van der Waals surface area contributed by atoms with Gasteiger partial charge in [-0.15, -0.1) is 11.8 Å². The van der Waals surface area contributed by atoms with Gasteiger partial charge in [-0.3, -0.25) is 9.52 Å². The topological polar surface area (TPSA) is 131 Å². The summed E-state index contributed by atoms with van der Waals surface area (Å²) in [6, 6.07) is -0.688. The fourth-order valence-corrected chi connectivity index (χ4v) is 3.13. The van der Waals surface area contributed by atoms with Crippen LogP contribution in [-0.2, 0) is 14.8 Å². The summed E-state index contributed by atoms with van der Waals surface area (Å²) in [4.78, 5) is 18.0. The van der Waals surface area contributed by atoms with Crippen molar-refractivity contribution < 1.29 is 13.2 Å². The zero-order chi connectivity index (χ0) is 15.2. The van der Waals surface area contributed by atoms with Crippen LogP contribution in [0, 0.1) is 0 Å². The van der Waals surface area contributed by atoms with Crippen LogP contribution in [0.15, 0.2) is 4.99 Å². The first-order valence-corrected chi connectivity index (χ1v) is 9.26. The first-order valence-electron chi connectivity index (χ1n) is 6.21. The Kier molecular flexibility index (Phi) is 6.56. The highest BCUT2D eigenvalue weighted by molar-refractivity contribution is 7.99. The highest BCUT2D eigenvalue weighted by Gasteiger charge is 2.26. The lowest BCUT2D eigenvalue weighted by Gasteiger charge is -2.20. The molecule has 0 spiro atoms. The SMILES string of the molecule is CS(=O)(=O)NC(N)=N[C@H](CCCN)C(=O)N1CCSC1. The predicted octanol–water partition coefficient (Wildman–Crippen LogP) is -1.51. The van der Waals surface area contributed by atoms with Crippen LogP contribution < -0.4 is 16.2 Å². The number of aliphatic imine (C=N–C) groups is 1. The van der Waals surface area contributed by atoms with Crippen LogP contribution in [0.3, 0.4) is 0 Å². The summed E-state index contributed by atoms with van der Waals surface area (Å²) in [6.07, 6.45) is 2.04. The molecule has 1 fully saturated rings. The van der Waals surface area contributed by atoms with E-state index in [0.717, 1.165) is 12.0 Å². The molecule has 1 aliphatic heterocycles. The molecule has 1 aliphatic rings. The van der Waals surface area contributed by atoms with Gasteiger partial charge in [-0.25, -0.2) is 13.4 Å². The van der Waals surface area contributed by atoms with Gasteiger partial charge >= 0.3 is 0 Å². The van der Waals surface area contributed by atoms with E-state index in [1.165, 1.54) is 0 Å². The van der Waals surface area contributed by atoms with Crippen LogP contribution in [0.25, 0.3) is 0 Å². The summed E-state index contributed by atoms with van der Waals surface area (Å²) in [6.45, 7) is 1.12. The Balaban J connectivity index is 2.76. The largest absolute Gasteiger partial charge is 0.369 e. The first-order chi connectivity index (χ1) is 9.33. The Morgan fingerprint density at radius 2 is 2.25 bits per heavy atom. The maximum absolute atomic E-state index is 12.3. The number of carbonyl (C=O) groups excluding carboxylic acids is 1. The number of carbonyl (C=O) groups is 1. The molecule has 0 aliphatic carbocycles. The van der Waals surface area contributed by atoms with E-state index >= 15 is 0 Å². The number of nitrogens with one attached hydrogen (secondary N) is 1. The molecule has 1 saturated heterocycles. The van der Waals surface area contributed by atoms with E-state index in [2.05, 4.69) is 9.71 Å². The van der Waals surface area contributed by atoms with Gasteiger partial charge in [0.15, 0.2) is 0 Å². The molecule has 0 saturated carbocycles. The second-order valence-corrected chi connectivity index (χ2v) is 7.30. The van der Waals surface area contributed by atoms with Crippen molar-refractivity contribution in [1.29, 1.82) is 0 Å². The van der Waals surface area contributed by atoms with Crippen molar-refractivity contribution in [1.82, 2.24) is 9.62 Å². The quantitative estimate of drug-likeness (QED) is 0.402. The Labute approximate surface area is 123 Å².